The van der Waals surface area contributed by atoms with Crippen LogP contribution in [0.3, 0.4) is 0 Å². The summed E-state index contributed by atoms with van der Waals surface area (Å²) in [6.07, 6.45) is -0.992. The van der Waals surface area contributed by atoms with E-state index in [9.17, 15) is 13.6 Å². The number of hydrogen-bond acceptors (Lipinski definition) is 2. The third-order valence-electron chi connectivity index (χ3n) is 1.27. The summed E-state index contributed by atoms with van der Waals surface area (Å²) in [5.74, 6) is 0. The lowest BCUT2D eigenvalue weighted by atomic mass is 10.2. The molecule has 2 nitrogen and oxygen atoms in total. The first-order chi connectivity index (χ1) is 5.65. The Hall–Kier alpha value is -0.590. The molecule has 0 saturated heterocycles. The second-order valence-electron chi connectivity index (χ2n) is 2.07. The maximum Gasteiger partial charge on any atom is 0.265 e. The molecule has 1 aromatic heterocycles. The summed E-state index contributed by atoms with van der Waals surface area (Å²) in [6.45, 7) is 0. The minimum Gasteiger partial charge on any atom is -0.298 e. The van der Waals surface area contributed by atoms with Gasteiger partial charge in [-0.15, -0.1) is 0 Å². The molecule has 0 bridgehead atoms. The van der Waals surface area contributed by atoms with Gasteiger partial charge in [-0.05, 0) is 28.7 Å². The van der Waals surface area contributed by atoms with Crippen molar-refractivity contribution >= 4 is 28.9 Å². The van der Waals surface area contributed by atoms with Gasteiger partial charge in [0.1, 0.15) is 3.70 Å². The molecule has 0 radical (unpaired) electrons. The molecule has 0 aliphatic rings. The van der Waals surface area contributed by atoms with E-state index in [0.29, 0.717) is 9.99 Å². The standard InChI is InChI=1S/C7H4F2INO/c8-6(9)4-1-5(3-12)7(10)11-2-4/h1-3,6H. The number of hydrogen-bond donors (Lipinski definition) is 0. The molecule has 5 heteroatoms. The van der Waals surface area contributed by atoms with Gasteiger partial charge in [0.05, 0.1) is 0 Å². The lowest BCUT2D eigenvalue weighted by Crippen LogP contribution is -1.94. The summed E-state index contributed by atoms with van der Waals surface area (Å²) in [5.41, 5.74) is -0.0223. The number of alkyl halides is 2. The van der Waals surface area contributed by atoms with Crippen LogP contribution in [0.4, 0.5) is 8.78 Å². The zero-order chi connectivity index (χ0) is 9.14. The molecular formula is C7H4F2INO. The number of carbonyl (C=O) groups is 1. The van der Waals surface area contributed by atoms with Crippen molar-refractivity contribution in [1.82, 2.24) is 4.98 Å². The maximum atomic E-state index is 12.1. The normalized spacial score (nSPS) is 10.3. The number of pyridine rings is 1. The van der Waals surface area contributed by atoms with E-state index >= 15 is 0 Å². The van der Waals surface area contributed by atoms with Crippen molar-refractivity contribution in [3.63, 3.8) is 0 Å². The molecule has 0 amide bonds. The zero-order valence-corrected chi connectivity index (χ0v) is 7.96. The molecule has 0 fully saturated rings. The second kappa shape index (κ2) is 3.88. The van der Waals surface area contributed by atoms with Gasteiger partial charge in [-0.25, -0.2) is 13.8 Å². The van der Waals surface area contributed by atoms with E-state index in [4.69, 9.17) is 0 Å². The molecule has 0 aliphatic carbocycles. The fraction of sp³-hybridized carbons (Fsp3) is 0.143. The highest BCUT2D eigenvalue weighted by atomic mass is 127. The Kier molecular flexibility index (Phi) is 3.07. The molecule has 12 heavy (non-hydrogen) atoms. The van der Waals surface area contributed by atoms with Crippen LogP contribution in [0.15, 0.2) is 12.3 Å². The average Bonchev–Trinajstić information content (AvgIpc) is 2.05. The fourth-order valence-electron chi connectivity index (χ4n) is 0.684. The van der Waals surface area contributed by atoms with Crippen molar-refractivity contribution in [2.24, 2.45) is 0 Å². The molecule has 0 N–H and O–H groups in total. The summed E-state index contributed by atoms with van der Waals surface area (Å²) in [6, 6.07) is 1.15. The van der Waals surface area contributed by atoms with Crippen molar-refractivity contribution in [3.05, 3.63) is 27.1 Å². The largest absolute Gasteiger partial charge is 0.298 e. The molecule has 0 unspecified atom stereocenters. The number of nitrogens with zero attached hydrogens (tertiary/aromatic N) is 1. The minimum absolute atomic E-state index is 0.202. The summed E-state index contributed by atoms with van der Waals surface area (Å²) < 4.78 is 24.6. The van der Waals surface area contributed by atoms with Crippen molar-refractivity contribution in [2.45, 2.75) is 6.43 Å². The smallest absolute Gasteiger partial charge is 0.265 e. The van der Waals surface area contributed by atoms with Gasteiger partial charge in [-0.1, -0.05) is 0 Å². The van der Waals surface area contributed by atoms with Gasteiger partial charge in [0.25, 0.3) is 6.43 Å². The van der Waals surface area contributed by atoms with Gasteiger partial charge in [0, 0.05) is 17.3 Å². The van der Waals surface area contributed by atoms with Crippen LogP contribution >= 0.6 is 22.6 Å². The van der Waals surface area contributed by atoms with Crippen molar-refractivity contribution in [3.8, 4) is 0 Å². The first-order valence-corrected chi connectivity index (χ1v) is 4.12. The fourth-order valence-corrected chi connectivity index (χ4v) is 1.11. The van der Waals surface area contributed by atoms with Crippen molar-refractivity contribution in [2.75, 3.05) is 0 Å². The Bertz CT molecular complexity index is 303. The molecule has 1 rings (SSSR count). The number of aromatic nitrogens is 1. The Labute approximate surface area is 81.1 Å². The van der Waals surface area contributed by atoms with E-state index in [2.05, 4.69) is 4.98 Å². The molecule has 64 valence electrons. The van der Waals surface area contributed by atoms with E-state index in [1.54, 1.807) is 0 Å². The topological polar surface area (TPSA) is 30.0 Å². The van der Waals surface area contributed by atoms with Crippen molar-refractivity contribution in [1.29, 1.82) is 0 Å². The highest BCUT2D eigenvalue weighted by molar-refractivity contribution is 14.1. The Morgan fingerprint density at radius 1 is 1.58 bits per heavy atom. The predicted octanol–water partition coefficient (Wildman–Crippen LogP) is 2.44. The molecular weight excluding hydrogens is 279 g/mol. The first-order valence-electron chi connectivity index (χ1n) is 3.04. The third-order valence-corrected chi connectivity index (χ3v) is 2.17. The number of rotatable bonds is 2. The summed E-state index contributed by atoms with van der Waals surface area (Å²) in [7, 11) is 0. The Morgan fingerprint density at radius 3 is 2.75 bits per heavy atom. The van der Waals surface area contributed by atoms with Gasteiger partial charge >= 0.3 is 0 Å². The van der Waals surface area contributed by atoms with Crippen LogP contribution in [0.1, 0.15) is 22.3 Å². The number of halogens is 3. The average molecular weight is 283 g/mol. The molecule has 1 aromatic rings. The van der Waals surface area contributed by atoms with Gasteiger partial charge < -0.3 is 0 Å². The lowest BCUT2D eigenvalue weighted by Gasteiger charge is -2.00. The predicted molar refractivity (Wildman–Crippen MR) is 47.3 cm³/mol. The Balaban J connectivity index is 3.13. The highest BCUT2D eigenvalue weighted by Gasteiger charge is 2.09. The molecule has 0 aromatic carbocycles. The SMILES string of the molecule is O=Cc1cc(C(F)F)cnc1I. The van der Waals surface area contributed by atoms with E-state index in [1.165, 1.54) is 0 Å². The van der Waals surface area contributed by atoms with Crippen LogP contribution < -0.4 is 0 Å². The Morgan fingerprint density at radius 2 is 2.25 bits per heavy atom. The van der Waals surface area contributed by atoms with Crippen LogP contribution in [0.5, 0.6) is 0 Å². The lowest BCUT2D eigenvalue weighted by molar-refractivity contribution is 0.112. The molecule has 0 saturated carbocycles. The summed E-state index contributed by atoms with van der Waals surface area (Å²) in [4.78, 5) is 14.0. The van der Waals surface area contributed by atoms with Crippen LogP contribution in [-0.4, -0.2) is 11.3 Å². The van der Waals surface area contributed by atoms with Crippen molar-refractivity contribution < 1.29 is 13.6 Å². The van der Waals surface area contributed by atoms with Gasteiger partial charge in [-0.3, -0.25) is 4.79 Å². The minimum atomic E-state index is -2.58. The van der Waals surface area contributed by atoms with E-state index in [0.717, 1.165) is 12.3 Å². The third kappa shape index (κ3) is 1.96. The second-order valence-corrected chi connectivity index (χ2v) is 3.09. The van der Waals surface area contributed by atoms with Crippen LogP contribution in [0.25, 0.3) is 0 Å². The molecule has 0 spiro atoms. The highest BCUT2D eigenvalue weighted by Crippen LogP contribution is 2.19. The van der Waals surface area contributed by atoms with E-state index in [1.807, 2.05) is 22.6 Å². The van der Waals surface area contributed by atoms with Crippen LogP contribution in [0.2, 0.25) is 0 Å². The van der Waals surface area contributed by atoms with Crippen LogP contribution in [-0.2, 0) is 0 Å². The quantitative estimate of drug-likeness (QED) is 0.474. The monoisotopic (exact) mass is 283 g/mol. The first kappa shape index (κ1) is 9.50. The van der Waals surface area contributed by atoms with E-state index in [-0.39, 0.29) is 11.1 Å². The molecule has 0 atom stereocenters. The maximum absolute atomic E-state index is 12.1. The van der Waals surface area contributed by atoms with Gasteiger partial charge in [0.15, 0.2) is 6.29 Å². The zero-order valence-electron chi connectivity index (χ0n) is 5.80. The summed E-state index contributed by atoms with van der Waals surface area (Å²) in [5, 5.41) is 0. The van der Waals surface area contributed by atoms with Crippen LogP contribution in [0, 0.1) is 3.70 Å². The van der Waals surface area contributed by atoms with Gasteiger partial charge in [-0.2, -0.15) is 0 Å². The van der Waals surface area contributed by atoms with E-state index < -0.39 is 6.43 Å². The molecule has 0 aliphatic heterocycles. The number of aldehydes is 1. The summed E-state index contributed by atoms with van der Waals surface area (Å²) >= 11 is 1.81. The van der Waals surface area contributed by atoms with Gasteiger partial charge in [0.2, 0.25) is 0 Å². The number of carbonyl (C=O) groups excluding carboxylic acids is 1. The molecule has 1 heterocycles.